The zero-order chi connectivity index (χ0) is 14.8. The quantitative estimate of drug-likeness (QED) is 0.540. The van der Waals surface area contributed by atoms with Crippen LogP contribution in [0.1, 0.15) is 31.7 Å². The van der Waals surface area contributed by atoms with E-state index in [-0.39, 0.29) is 0 Å². The molecule has 5 heteroatoms. The summed E-state index contributed by atoms with van der Waals surface area (Å²) in [6, 6.07) is 6.93. The second kappa shape index (κ2) is 8.75. The summed E-state index contributed by atoms with van der Waals surface area (Å²) in [6.07, 6.45) is 7.41. The van der Waals surface area contributed by atoms with E-state index in [1.54, 1.807) is 12.1 Å². The molecule has 1 aromatic carbocycles. The molecule has 0 aliphatic heterocycles. The fourth-order valence-electron chi connectivity index (χ4n) is 1.70. The smallest absolute Gasteiger partial charge is 0.240 e. The van der Waals surface area contributed by atoms with Crippen molar-refractivity contribution in [3.8, 4) is 12.3 Å². The molecule has 0 unspecified atom stereocenters. The lowest BCUT2D eigenvalue weighted by Crippen LogP contribution is -2.24. The maximum Gasteiger partial charge on any atom is 0.240 e. The highest BCUT2D eigenvalue weighted by Crippen LogP contribution is 2.10. The van der Waals surface area contributed by atoms with Crippen LogP contribution in [0.4, 0.5) is 0 Å². The Morgan fingerprint density at radius 2 is 1.90 bits per heavy atom. The molecule has 0 saturated carbocycles. The maximum atomic E-state index is 12.0. The van der Waals surface area contributed by atoms with Gasteiger partial charge in [-0.2, -0.15) is 0 Å². The molecule has 1 rings (SSSR count). The molecule has 0 saturated heterocycles. The molecule has 0 radical (unpaired) electrons. The van der Waals surface area contributed by atoms with Crippen LogP contribution in [-0.4, -0.2) is 21.5 Å². The van der Waals surface area contributed by atoms with Crippen LogP contribution in [0.3, 0.4) is 0 Å². The Morgan fingerprint density at radius 1 is 1.20 bits per heavy atom. The van der Waals surface area contributed by atoms with Crippen LogP contribution in [-0.2, 0) is 16.6 Å². The topological polar surface area (TPSA) is 58.2 Å². The Bertz CT molecular complexity index is 530. The normalized spacial score (nSPS) is 11.2. The molecular weight excluding hydrogens is 272 g/mol. The maximum absolute atomic E-state index is 12.0. The molecule has 0 atom stereocenters. The van der Waals surface area contributed by atoms with Crippen molar-refractivity contribution in [1.29, 1.82) is 0 Å². The zero-order valence-corrected chi connectivity index (χ0v) is 12.7. The van der Waals surface area contributed by atoms with Gasteiger partial charge in [-0.05, 0) is 37.1 Å². The third-order valence-corrected chi connectivity index (χ3v) is 4.33. The van der Waals surface area contributed by atoms with E-state index in [0.717, 1.165) is 31.5 Å². The highest BCUT2D eigenvalue weighted by Gasteiger charge is 2.12. The Kier molecular flexibility index (Phi) is 7.31. The van der Waals surface area contributed by atoms with Crippen molar-refractivity contribution >= 4 is 10.0 Å². The van der Waals surface area contributed by atoms with Crippen LogP contribution < -0.4 is 10.0 Å². The van der Waals surface area contributed by atoms with E-state index in [4.69, 9.17) is 6.42 Å². The van der Waals surface area contributed by atoms with Gasteiger partial charge in [-0.15, -0.1) is 12.3 Å². The van der Waals surface area contributed by atoms with E-state index >= 15 is 0 Å². The highest BCUT2D eigenvalue weighted by atomic mass is 32.2. The molecule has 0 amide bonds. The number of hydrogen-bond acceptors (Lipinski definition) is 3. The largest absolute Gasteiger partial charge is 0.313 e. The number of nitrogens with one attached hydrogen (secondary N) is 2. The standard InChI is InChI=1S/C15H22N2O2S/c1-3-5-6-7-12-17-20(18,19)15-10-8-14(9-11-15)13-16-4-2/h1,8-11,16-17H,4-7,12-13H2,2H3. The molecule has 0 bridgehead atoms. The lowest BCUT2D eigenvalue weighted by atomic mass is 10.2. The van der Waals surface area contributed by atoms with Gasteiger partial charge in [0, 0.05) is 19.5 Å². The first-order valence-corrected chi connectivity index (χ1v) is 8.31. The van der Waals surface area contributed by atoms with Crippen molar-refractivity contribution in [2.24, 2.45) is 0 Å². The molecule has 20 heavy (non-hydrogen) atoms. The highest BCUT2D eigenvalue weighted by molar-refractivity contribution is 7.89. The number of benzene rings is 1. The predicted molar refractivity (Wildman–Crippen MR) is 81.7 cm³/mol. The van der Waals surface area contributed by atoms with Crippen LogP contribution >= 0.6 is 0 Å². The van der Waals surface area contributed by atoms with Gasteiger partial charge in [0.05, 0.1) is 4.90 Å². The summed E-state index contributed by atoms with van der Waals surface area (Å²) in [5.41, 5.74) is 1.07. The monoisotopic (exact) mass is 294 g/mol. The number of rotatable bonds is 9. The van der Waals surface area contributed by atoms with E-state index in [2.05, 4.69) is 16.0 Å². The lowest BCUT2D eigenvalue weighted by molar-refractivity contribution is 0.577. The van der Waals surface area contributed by atoms with E-state index in [1.165, 1.54) is 0 Å². The van der Waals surface area contributed by atoms with Crippen LogP contribution in [0, 0.1) is 12.3 Å². The fraction of sp³-hybridized carbons (Fsp3) is 0.467. The van der Waals surface area contributed by atoms with Gasteiger partial charge in [-0.25, -0.2) is 13.1 Å². The first-order chi connectivity index (χ1) is 9.60. The molecular formula is C15H22N2O2S. The van der Waals surface area contributed by atoms with Crippen molar-refractivity contribution in [3.63, 3.8) is 0 Å². The SMILES string of the molecule is C#CCCCCNS(=O)(=O)c1ccc(CNCC)cc1. The van der Waals surface area contributed by atoms with Crippen molar-refractivity contribution in [2.75, 3.05) is 13.1 Å². The minimum atomic E-state index is -3.41. The van der Waals surface area contributed by atoms with Gasteiger partial charge in [0.2, 0.25) is 10.0 Å². The first-order valence-electron chi connectivity index (χ1n) is 6.83. The van der Waals surface area contributed by atoms with E-state index in [1.807, 2.05) is 19.1 Å². The predicted octanol–water partition coefficient (Wildman–Crippen LogP) is 1.88. The number of hydrogen-bond donors (Lipinski definition) is 2. The van der Waals surface area contributed by atoms with Crippen molar-refractivity contribution in [1.82, 2.24) is 10.0 Å². The minimum Gasteiger partial charge on any atom is -0.313 e. The summed E-state index contributed by atoms with van der Waals surface area (Å²) in [7, 11) is -3.41. The van der Waals surface area contributed by atoms with Gasteiger partial charge in [0.15, 0.2) is 0 Å². The van der Waals surface area contributed by atoms with Gasteiger partial charge in [-0.1, -0.05) is 19.1 Å². The molecule has 2 N–H and O–H groups in total. The van der Waals surface area contributed by atoms with Gasteiger partial charge in [0.1, 0.15) is 0 Å². The van der Waals surface area contributed by atoms with Crippen molar-refractivity contribution in [3.05, 3.63) is 29.8 Å². The number of terminal acetylenes is 1. The van der Waals surface area contributed by atoms with E-state index < -0.39 is 10.0 Å². The molecule has 110 valence electrons. The molecule has 0 aliphatic rings. The summed E-state index contributed by atoms with van der Waals surface area (Å²) in [5, 5.41) is 3.20. The summed E-state index contributed by atoms with van der Waals surface area (Å²) in [5.74, 6) is 2.54. The first kappa shape index (κ1) is 16.7. The number of sulfonamides is 1. The Balaban J connectivity index is 2.52. The molecule has 1 aromatic rings. The molecule has 4 nitrogen and oxygen atoms in total. The van der Waals surface area contributed by atoms with E-state index in [9.17, 15) is 8.42 Å². The average molecular weight is 294 g/mol. The van der Waals surface area contributed by atoms with Crippen LogP contribution in [0.5, 0.6) is 0 Å². The lowest BCUT2D eigenvalue weighted by Gasteiger charge is -2.07. The summed E-state index contributed by atoms with van der Waals surface area (Å²) >= 11 is 0. The fourth-order valence-corrected chi connectivity index (χ4v) is 2.77. The molecule has 0 aliphatic carbocycles. The Labute approximate surface area is 122 Å². The second-order valence-corrected chi connectivity index (χ2v) is 6.25. The Hall–Kier alpha value is -1.35. The average Bonchev–Trinajstić information content (AvgIpc) is 2.45. The van der Waals surface area contributed by atoms with Crippen molar-refractivity contribution < 1.29 is 8.42 Å². The van der Waals surface area contributed by atoms with Gasteiger partial charge < -0.3 is 5.32 Å². The summed E-state index contributed by atoms with van der Waals surface area (Å²) in [4.78, 5) is 0.301. The van der Waals surface area contributed by atoms with Gasteiger partial charge in [-0.3, -0.25) is 0 Å². The van der Waals surface area contributed by atoms with Crippen LogP contribution in [0.25, 0.3) is 0 Å². The molecule has 0 aromatic heterocycles. The minimum absolute atomic E-state index is 0.301. The number of unbranched alkanes of at least 4 members (excludes halogenated alkanes) is 2. The molecule has 0 heterocycles. The second-order valence-electron chi connectivity index (χ2n) is 4.48. The molecule has 0 fully saturated rings. The van der Waals surface area contributed by atoms with E-state index in [0.29, 0.717) is 17.9 Å². The van der Waals surface area contributed by atoms with Crippen LogP contribution in [0.15, 0.2) is 29.2 Å². The summed E-state index contributed by atoms with van der Waals surface area (Å²) in [6.45, 7) is 4.09. The van der Waals surface area contributed by atoms with Crippen LogP contribution in [0.2, 0.25) is 0 Å². The zero-order valence-electron chi connectivity index (χ0n) is 11.9. The molecule has 0 spiro atoms. The third kappa shape index (κ3) is 5.74. The van der Waals surface area contributed by atoms with Crippen molar-refractivity contribution in [2.45, 2.75) is 37.6 Å². The third-order valence-electron chi connectivity index (χ3n) is 2.85. The Morgan fingerprint density at radius 3 is 2.50 bits per heavy atom. The van der Waals surface area contributed by atoms with Gasteiger partial charge >= 0.3 is 0 Å². The summed E-state index contributed by atoms with van der Waals surface area (Å²) < 4.78 is 26.6. The van der Waals surface area contributed by atoms with Gasteiger partial charge in [0.25, 0.3) is 0 Å².